The fourth-order valence-electron chi connectivity index (χ4n) is 1.02. The lowest BCUT2D eigenvalue weighted by atomic mass is 10.1. The van der Waals surface area contributed by atoms with Gasteiger partial charge < -0.3 is 5.73 Å². The van der Waals surface area contributed by atoms with E-state index in [0.717, 1.165) is 12.0 Å². The number of rotatable bonds is 2. The van der Waals surface area contributed by atoms with Gasteiger partial charge in [-0.1, -0.05) is 26.8 Å². The van der Waals surface area contributed by atoms with Crippen LogP contribution in [0.5, 0.6) is 0 Å². The topological polar surface area (TPSA) is 69.2 Å². The fourth-order valence-corrected chi connectivity index (χ4v) is 1.02. The second kappa shape index (κ2) is 5.96. The Hall–Kier alpha value is -1.58. The molecule has 0 spiro atoms. The normalized spacial score (nSPS) is 8.79. The molecule has 0 aliphatic rings. The first kappa shape index (κ1) is 12.4. The molecule has 0 radical (unpaired) electrons. The Morgan fingerprint density at radius 3 is 2.36 bits per heavy atom. The Kier molecular flexibility index (Phi) is 5.29. The minimum Gasteiger partial charge on any atom is -0.398 e. The lowest BCUT2D eigenvalue weighted by molar-refractivity contribution is -0.384. The van der Waals surface area contributed by atoms with Gasteiger partial charge in [0.1, 0.15) is 0 Å². The molecule has 0 saturated carbocycles. The van der Waals surface area contributed by atoms with Gasteiger partial charge in [0.15, 0.2) is 0 Å². The van der Waals surface area contributed by atoms with Crippen LogP contribution in [0.3, 0.4) is 0 Å². The second-order valence-corrected chi connectivity index (χ2v) is 2.49. The highest BCUT2D eigenvalue weighted by atomic mass is 16.6. The zero-order valence-corrected chi connectivity index (χ0v) is 8.78. The molecule has 0 aliphatic carbocycles. The van der Waals surface area contributed by atoms with Crippen LogP contribution in [0.15, 0.2) is 18.2 Å². The highest BCUT2D eigenvalue weighted by Gasteiger charge is 2.06. The summed E-state index contributed by atoms with van der Waals surface area (Å²) in [6.07, 6.45) is 0.795. The van der Waals surface area contributed by atoms with Crippen LogP contribution >= 0.6 is 0 Å². The standard InChI is InChI=1S/C8H10N2O2.C2H6/c1-2-6-3-4-7(10(11)12)5-8(6)9;1-2/h3-5H,2,9H2,1H3;1-2H3. The first-order valence-electron chi connectivity index (χ1n) is 4.68. The molecule has 0 atom stereocenters. The predicted molar refractivity (Wildman–Crippen MR) is 58.2 cm³/mol. The van der Waals surface area contributed by atoms with Crippen molar-refractivity contribution in [3.05, 3.63) is 33.9 Å². The fraction of sp³-hybridized carbons (Fsp3) is 0.400. The average molecular weight is 196 g/mol. The molecular weight excluding hydrogens is 180 g/mol. The van der Waals surface area contributed by atoms with Crippen LogP contribution in [0.4, 0.5) is 11.4 Å². The van der Waals surface area contributed by atoms with Crippen molar-refractivity contribution in [3.63, 3.8) is 0 Å². The van der Waals surface area contributed by atoms with Crippen molar-refractivity contribution in [3.8, 4) is 0 Å². The van der Waals surface area contributed by atoms with Crippen molar-refractivity contribution < 1.29 is 4.92 Å². The zero-order chi connectivity index (χ0) is 11.1. The van der Waals surface area contributed by atoms with Crippen molar-refractivity contribution in [2.75, 3.05) is 5.73 Å². The largest absolute Gasteiger partial charge is 0.398 e. The van der Waals surface area contributed by atoms with E-state index in [1.165, 1.54) is 12.1 Å². The van der Waals surface area contributed by atoms with E-state index in [9.17, 15) is 10.1 Å². The summed E-state index contributed by atoms with van der Waals surface area (Å²) in [7, 11) is 0. The summed E-state index contributed by atoms with van der Waals surface area (Å²) in [5.74, 6) is 0. The zero-order valence-electron chi connectivity index (χ0n) is 8.78. The van der Waals surface area contributed by atoms with Gasteiger partial charge in [0, 0.05) is 17.8 Å². The van der Waals surface area contributed by atoms with Gasteiger partial charge in [0.05, 0.1) is 4.92 Å². The maximum atomic E-state index is 10.3. The molecule has 4 heteroatoms. The van der Waals surface area contributed by atoms with Crippen LogP contribution in [0, 0.1) is 10.1 Å². The second-order valence-electron chi connectivity index (χ2n) is 2.49. The Bertz CT molecular complexity index is 311. The van der Waals surface area contributed by atoms with Crippen LogP contribution in [0.2, 0.25) is 0 Å². The highest BCUT2D eigenvalue weighted by Crippen LogP contribution is 2.19. The number of nitro groups is 1. The molecule has 0 aromatic heterocycles. The molecule has 1 aromatic rings. The number of aryl methyl sites for hydroxylation is 1. The number of anilines is 1. The summed E-state index contributed by atoms with van der Waals surface area (Å²) in [4.78, 5) is 9.85. The van der Waals surface area contributed by atoms with E-state index in [0.29, 0.717) is 5.69 Å². The smallest absolute Gasteiger partial charge is 0.271 e. The van der Waals surface area contributed by atoms with E-state index in [-0.39, 0.29) is 5.69 Å². The number of benzene rings is 1. The van der Waals surface area contributed by atoms with Gasteiger partial charge in [-0.05, 0) is 12.0 Å². The third-order valence-electron chi connectivity index (χ3n) is 1.72. The molecule has 0 unspecified atom stereocenters. The molecule has 2 N–H and O–H groups in total. The average Bonchev–Trinajstić information content (AvgIpc) is 2.20. The number of hydrogen-bond donors (Lipinski definition) is 1. The van der Waals surface area contributed by atoms with E-state index in [4.69, 9.17) is 5.73 Å². The molecule has 1 rings (SSSR count). The van der Waals surface area contributed by atoms with Crippen LogP contribution in [0.1, 0.15) is 26.3 Å². The first-order valence-corrected chi connectivity index (χ1v) is 4.68. The van der Waals surface area contributed by atoms with E-state index >= 15 is 0 Å². The molecule has 0 aliphatic heterocycles. The van der Waals surface area contributed by atoms with Gasteiger partial charge in [-0.3, -0.25) is 10.1 Å². The van der Waals surface area contributed by atoms with Gasteiger partial charge in [0.2, 0.25) is 0 Å². The molecule has 1 aromatic carbocycles. The van der Waals surface area contributed by atoms with Gasteiger partial charge in [-0.15, -0.1) is 0 Å². The van der Waals surface area contributed by atoms with Crippen LogP contribution in [-0.2, 0) is 6.42 Å². The summed E-state index contributed by atoms with van der Waals surface area (Å²) >= 11 is 0. The molecule has 4 nitrogen and oxygen atoms in total. The third kappa shape index (κ3) is 3.05. The Balaban J connectivity index is 0.000000791. The van der Waals surface area contributed by atoms with Crippen molar-refractivity contribution in [2.45, 2.75) is 27.2 Å². The minimum absolute atomic E-state index is 0.0460. The van der Waals surface area contributed by atoms with Crippen molar-refractivity contribution in [2.24, 2.45) is 0 Å². The maximum absolute atomic E-state index is 10.3. The Labute approximate surface area is 83.9 Å². The SMILES string of the molecule is CC.CCc1ccc([N+](=O)[O-])cc1N. The van der Waals surface area contributed by atoms with Crippen LogP contribution in [0.25, 0.3) is 0 Å². The molecule has 0 bridgehead atoms. The van der Waals surface area contributed by atoms with Gasteiger partial charge in [0.25, 0.3) is 5.69 Å². The van der Waals surface area contributed by atoms with E-state index in [2.05, 4.69) is 0 Å². The van der Waals surface area contributed by atoms with Crippen molar-refractivity contribution in [1.82, 2.24) is 0 Å². The summed E-state index contributed by atoms with van der Waals surface area (Å²) in [6, 6.07) is 4.54. The number of nitrogen functional groups attached to an aromatic ring is 1. The minimum atomic E-state index is -0.449. The number of nitrogens with zero attached hydrogens (tertiary/aromatic N) is 1. The highest BCUT2D eigenvalue weighted by molar-refractivity contribution is 5.53. The van der Waals surface area contributed by atoms with E-state index in [1.807, 2.05) is 20.8 Å². The number of nitro benzene ring substituents is 1. The Morgan fingerprint density at radius 1 is 1.43 bits per heavy atom. The van der Waals surface area contributed by atoms with Gasteiger partial charge in [-0.25, -0.2) is 0 Å². The summed E-state index contributed by atoms with van der Waals surface area (Å²) < 4.78 is 0. The molecule has 0 heterocycles. The van der Waals surface area contributed by atoms with Crippen LogP contribution in [-0.4, -0.2) is 4.92 Å². The molecule has 78 valence electrons. The first-order chi connectivity index (χ1) is 6.65. The number of nitrogens with two attached hydrogens (primary N) is 1. The quantitative estimate of drug-likeness (QED) is 0.449. The van der Waals surface area contributed by atoms with Crippen molar-refractivity contribution in [1.29, 1.82) is 0 Å². The molecule has 0 saturated heterocycles. The monoisotopic (exact) mass is 196 g/mol. The number of hydrogen-bond acceptors (Lipinski definition) is 3. The Morgan fingerprint density at radius 2 is 2.00 bits per heavy atom. The van der Waals surface area contributed by atoms with E-state index < -0.39 is 4.92 Å². The molecule has 14 heavy (non-hydrogen) atoms. The van der Waals surface area contributed by atoms with Crippen LogP contribution < -0.4 is 5.73 Å². The third-order valence-corrected chi connectivity index (χ3v) is 1.72. The molecular formula is C10H16N2O2. The molecule has 0 amide bonds. The van der Waals surface area contributed by atoms with Gasteiger partial charge in [-0.2, -0.15) is 0 Å². The lowest BCUT2D eigenvalue weighted by Crippen LogP contribution is -1.95. The van der Waals surface area contributed by atoms with E-state index in [1.54, 1.807) is 6.07 Å². The lowest BCUT2D eigenvalue weighted by Gasteiger charge is -2.00. The van der Waals surface area contributed by atoms with Gasteiger partial charge >= 0.3 is 0 Å². The van der Waals surface area contributed by atoms with Crippen molar-refractivity contribution >= 4 is 11.4 Å². The predicted octanol–water partition coefficient (Wildman–Crippen LogP) is 2.77. The summed E-state index contributed by atoms with van der Waals surface area (Å²) in [5, 5.41) is 10.3. The molecule has 0 fully saturated rings. The summed E-state index contributed by atoms with van der Waals surface area (Å²) in [6.45, 7) is 5.96. The summed E-state index contributed by atoms with van der Waals surface area (Å²) in [5.41, 5.74) is 7.05. The number of non-ortho nitro benzene ring substituents is 1. The maximum Gasteiger partial charge on any atom is 0.271 e.